The molecular weight excluding hydrogens is 350 g/mol. The summed E-state index contributed by atoms with van der Waals surface area (Å²) >= 11 is 0. The minimum atomic E-state index is -0.141. The number of amides is 1. The van der Waals surface area contributed by atoms with E-state index in [9.17, 15) is 4.79 Å². The largest absolute Gasteiger partial charge is 0.497 e. The van der Waals surface area contributed by atoms with E-state index < -0.39 is 0 Å². The summed E-state index contributed by atoms with van der Waals surface area (Å²) in [5.74, 6) is 2.01. The summed E-state index contributed by atoms with van der Waals surface area (Å²) < 4.78 is 10.9. The minimum absolute atomic E-state index is 0.141. The highest BCUT2D eigenvalue weighted by Gasteiger charge is 2.07. The van der Waals surface area contributed by atoms with Crippen LogP contribution in [0, 0.1) is 0 Å². The molecule has 4 nitrogen and oxygen atoms in total. The Bertz CT molecular complexity index is 885. The standard InChI is InChI=1S/C24H25NO3/c1-3-4-5-18-6-10-20(11-7-18)25-24(26)19-8-12-22(13-9-19)28-23-16-14-21(27-2)15-17-23/h6-17H,3-5H2,1-2H3,(H,25,26). The topological polar surface area (TPSA) is 47.6 Å². The fourth-order valence-corrected chi connectivity index (χ4v) is 2.79. The molecular formula is C24H25NO3. The van der Waals surface area contributed by atoms with Crippen LogP contribution in [0.15, 0.2) is 72.8 Å². The number of carbonyl (C=O) groups is 1. The molecule has 4 heteroatoms. The van der Waals surface area contributed by atoms with Gasteiger partial charge in [-0.05, 0) is 79.1 Å². The number of hydrogen-bond acceptors (Lipinski definition) is 3. The van der Waals surface area contributed by atoms with Crippen LogP contribution >= 0.6 is 0 Å². The Morgan fingerprint density at radius 1 is 0.821 bits per heavy atom. The van der Waals surface area contributed by atoms with Gasteiger partial charge in [-0.3, -0.25) is 4.79 Å². The summed E-state index contributed by atoms with van der Waals surface area (Å²) in [6.07, 6.45) is 3.42. The maximum absolute atomic E-state index is 12.4. The van der Waals surface area contributed by atoms with Gasteiger partial charge in [-0.1, -0.05) is 25.5 Å². The Hall–Kier alpha value is -3.27. The zero-order chi connectivity index (χ0) is 19.8. The minimum Gasteiger partial charge on any atom is -0.497 e. The van der Waals surface area contributed by atoms with Crippen molar-refractivity contribution < 1.29 is 14.3 Å². The van der Waals surface area contributed by atoms with Crippen LogP contribution in [0.1, 0.15) is 35.7 Å². The summed E-state index contributed by atoms with van der Waals surface area (Å²) in [4.78, 5) is 12.4. The maximum Gasteiger partial charge on any atom is 0.255 e. The van der Waals surface area contributed by atoms with Gasteiger partial charge in [0.15, 0.2) is 0 Å². The van der Waals surface area contributed by atoms with Crippen molar-refractivity contribution in [1.82, 2.24) is 0 Å². The van der Waals surface area contributed by atoms with Crippen LogP contribution in [0.4, 0.5) is 5.69 Å². The van der Waals surface area contributed by atoms with Crippen LogP contribution in [0.25, 0.3) is 0 Å². The van der Waals surface area contributed by atoms with Crippen molar-refractivity contribution in [1.29, 1.82) is 0 Å². The predicted octanol–water partition coefficient (Wildman–Crippen LogP) is 6.08. The average molecular weight is 375 g/mol. The zero-order valence-corrected chi connectivity index (χ0v) is 16.3. The molecule has 28 heavy (non-hydrogen) atoms. The number of carbonyl (C=O) groups excluding carboxylic acids is 1. The zero-order valence-electron chi connectivity index (χ0n) is 16.3. The third kappa shape index (κ3) is 5.36. The third-order valence-corrected chi connectivity index (χ3v) is 4.44. The van der Waals surface area contributed by atoms with E-state index in [-0.39, 0.29) is 5.91 Å². The molecule has 0 aliphatic heterocycles. The number of unbranched alkanes of at least 4 members (excludes halogenated alkanes) is 1. The lowest BCUT2D eigenvalue weighted by atomic mass is 10.1. The van der Waals surface area contributed by atoms with Gasteiger partial charge in [-0.2, -0.15) is 0 Å². The van der Waals surface area contributed by atoms with Crippen molar-refractivity contribution in [2.24, 2.45) is 0 Å². The lowest BCUT2D eigenvalue weighted by Crippen LogP contribution is -2.11. The highest BCUT2D eigenvalue weighted by molar-refractivity contribution is 6.04. The number of benzene rings is 3. The first-order valence-corrected chi connectivity index (χ1v) is 9.50. The van der Waals surface area contributed by atoms with Gasteiger partial charge in [0, 0.05) is 11.3 Å². The van der Waals surface area contributed by atoms with E-state index in [0.29, 0.717) is 17.1 Å². The SMILES string of the molecule is CCCCc1ccc(NC(=O)c2ccc(Oc3ccc(OC)cc3)cc2)cc1. The Morgan fingerprint density at radius 2 is 1.39 bits per heavy atom. The molecule has 3 aromatic carbocycles. The van der Waals surface area contributed by atoms with E-state index in [2.05, 4.69) is 24.4 Å². The molecule has 3 rings (SSSR count). The highest BCUT2D eigenvalue weighted by atomic mass is 16.5. The van der Waals surface area contributed by atoms with E-state index in [4.69, 9.17) is 9.47 Å². The second kappa shape index (κ2) is 9.60. The summed E-state index contributed by atoms with van der Waals surface area (Å²) in [6.45, 7) is 2.18. The van der Waals surface area contributed by atoms with Crippen LogP contribution in [-0.4, -0.2) is 13.0 Å². The molecule has 0 unspecified atom stereocenters. The van der Waals surface area contributed by atoms with Crippen LogP contribution in [0.5, 0.6) is 17.2 Å². The number of hydrogen-bond donors (Lipinski definition) is 1. The Morgan fingerprint density at radius 3 is 1.96 bits per heavy atom. The normalized spacial score (nSPS) is 10.4. The molecule has 0 heterocycles. The van der Waals surface area contributed by atoms with Crippen molar-refractivity contribution in [2.45, 2.75) is 26.2 Å². The van der Waals surface area contributed by atoms with Gasteiger partial charge in [0.05, 0.1) is 7.11 Å². The Labute approximate surface area is 166 Å². The van der Waals surface area contributed by atoms with Crippen LogP contribution in [0.3, 0.4) is 0 Å². The molecule has 0 bridgehead atoms. The van der Waals surface area contributed by atoms with Gasteiger partial charge >= 0.3 is 0 Å². The predicted molar refractivity (Wildman–Crippen MR) is 113 cm³/mol. The smallest absolute Gasteiger partial charge is 0.255 e. The summed E-state index contributed by atoms with van der Waals surface area (Å²) in [6, 6.07) is 22.5. The maximum atomic E-state index is 12.4. The molecule has 0 fully saturated rings. The van der Waals surface area contributed by atoms with Crippen LogP contribution in [-0.2, 0) is 6.42 Å². The molecule has 0 saturated carbocycles. The molecule has 0 radical (unpaired) electrons. The van der Waals surface area contributed by atoms with Crippen molar-refractivity contribution in [3.63, 3.8) is 0 Å². The number of rotatable bonds is 8. The fraction of sp³-hybridized carbons (Fsp3) is 0.208. The lowest BCUT2D eigenvalue weighted by molar-refractivity contribution is 0.102. The number of anilines is 1. The van der Waals surface area contributed by atoms with E-state index in [1.165, 1.54) is 18.4 Å². The summed E-state index contributed by atoms with van der Waals surface area (Å²) in [7, 11) is 1.63. The Kier molecular flexibility index (Phi) is 6.68. The molecule has 0 aromatic heterocycles. The molecule has 1 N–H and O–H groups in total. The van der Waals surface area contributed by atoms with Crippen molar-refractivity contribution >= 4 is 11.6 Å². The first kappa shape index (κ1) is 19.5. The number of aryl methyl sites for hydroxylation is 1. The third-order valence-electron chi connectivity index (χ3n) is 4.44. The number of ether oxygens (including phenoxy) is 2. The quantitative estimate of drug-likeness (QED) is 0.519. The molecule has 0 atom stereocenters. The molecule has 0 saturated heterocycles. The fourth-order valence-electron chi connectivity index (χ4n) is 2.79. The monoisotopic (exact) mass is 375 g/mol. The first-order chi connectivity index (χ1) is 13.7. The van der Waals surface area contributed by atoms with Gasteiger partial charge in [0.25, 0.3) is 5.91 Å². The average Bonchev–Trinajstić information content (AvgIpc) is 2.74. The van der Waals surface area contributed by atoms with Gasteiger partial charge in [-0.25, -0.2) is 0 Å². The molecule has 1 amide bonds. The molecule has 0 aliphatic rings. The van der Waals surface area contributed by atoms with E-state index in [1.54, 1.807) is 31.4 Å². The van der Waals surface area contributed by atoms with E-state index in [1.807, 2.05) is 36.4 Å². The molecule has 144 valence electrons. The first-order valence-electron chi connectivity index (χ1n) is 9.50. The number of nitrogens with one attached hydrogen (secondary N) is 1. The van der Waals surface area contributed by atoms with Gasteiger partial charge in [0.2, 0.25) is 0 Å². The Balaban J connectivity index is 1.58. The summed E-state index contributed by atoms with van der Waals surface area (Å²) in [5.41, 5.74) is 2.67. The van der Waals surface area contributed by atoms with Crippen LogP contribution < -0.4 is 14.8 Å². The van der Waals surface area contributed by atoms with Crippen molar-refractivity contribution in [3.05, 3.63) is 83.9 Å². The van der Waals surface area contributed by atoms with E-state index >= 15 is 0 Å². The lowest BCUT2D eigenvalue weighted by Gasteiger charge is -2.09. The molecule has 3 aromatic rings. The highest BCUT2D eigenvalue weighted by Crippen LogP contribution is 2.24. The molecule has 0 spiro atoms. The molecule has 0 aliphatic carbocycles. The number of methoxy groups -OCH3 is 1. The summed E-state index contributed by atoms with van der Waals surface area (Å²) in [5, 5.41) is 2.93. The second-order valence-electron chi connectivity index (χ2n) is 6.56. The van der Waals surface area contributed by atoms with Crippen molar-refractivity contribution in [3.8, 4) is 17.2 Å². The van der Waals surface area contributed by atoms with E-state index in [0.717, 1.165) is 17.9 Å². The van der Waals surface area contributed by atoms with Crippen molar-refractivity contribution in [2.75, 3.05) is 12.4 Å². The van der Waals surface area contributed by atoms with Gasteiger partial charge < -0.3 is 14.8 Å². The second-order valence-corrected chi connectivity index (χ2v) is 6.56. The van der Waals surface area contributed by atoms with Crippen LogP contribution in [0.2, 0.25) is 0 Å². The van der Waals surface area contributed by atoms with Gasteiger partial charge in [0.1, 0.15) is 17.2 Å². The van der Waals surface area contributed by atoms with Gasteiger partial charge in [-0.15, -0.1) is 0 Å².